The van der Waals surface area contributed by atoms with Crippen molar-refractivity contribution in [2.75, 3.05) is 31.7 Å². The van der Waals surface area contributed by atoms with Crippen LogP contribution in [-0.2, 0) is 0 Å². The van der Waals surface area contributed by atoms with Crippen molar-refractivity contribution in [2.45, 2.75) is 12.6 Å². The number of rotatable bonds is 1. The highest BCUT2D eigenvalue weighted by Gasteiger charge is 2.28. The number of benzene rings is 2. The van der Waals surface area contributed by atoms with Gasteiger partial charge in [-0.15, -0.1) is 0 Å². The number of hydrogen-bond donors (Lipinski definition) is 2. The highest BCUT2D eigenvalue weighted by Crippen LogP contribution is 2.40. The van der Waals surface area contributed by atoms with E-state index in [1.807, 2.05) is 34.9 Å². The molecule has 0 spiro atoms. The number of anilines is 1. The van der Waals surface area contributed by atoms with Crippen LogP contribution in [-0.4, -0.2) is 41.9 Å². The molecule has 1 atom stereocenters. The number of guanidine groups is 1. The van der Waals surface area contributed by atoms with E-state index >= 15 is 0 Å². The Morgan fingerprint density at radius 1 is 0.897 bits per heavy atom. The Morgan fingerprint density at radius 3 is 2.48 bits per heavy atom. The summed E-state index contributed by atoms with van der Waals surface area (Å²) in [7, 11) is 0. The number of ether oxygens (including phenoxy) is 4. The largest absolute Gasteiger partial charge is 0.489 e. The van der Waals surface area contributed by atoms with E-state index in [0.717, 1.165) is 28.8 Å². The van der Waals surface area contributed by atoms with E-state index in [0.29, 0.717) is 55.6 Å². The van der Waals surface area contributed by atoms with Crippen LogP contribution in [0.3, 0.4) is 0 Å². The third-order valence-electron chi connectivity index (χ3n) is 5.17. The summed E-state index contributed by atoms with van der Waals surface area (Å²) >= 11 is 0. The summed E-state index contributed by atoms with van der Waals surface area (Å²) in [6, 6.07) is 9.68. The number of nitrogens with zero attached hydrogens (tertiary/aromatic N) is 3. The van der Waals surface area contributed by atoms with Crippen molar-refractivity contribution < 1.29 is 18.9 Å². The fourth-order valence-corrected chi connectivity index (χ4v) is 3.87. The van der Waals surface area contributed by atoms with Crippen LogP contribution in [0.1, 0.15) is 18.2 Å². The fraction of sp³-hybridized carbons (Fsp3) is 0.300. The number of imidazole rings is 1. The van der Waals surface area contributed by atoms with Crippen molar-refractivity contribution in [1.82, 2.24) is 9.55 Å². The minimum atomic E-state index is -0.392. The lowest BCUT2D eigenvalue weighted by Gasteiger charge is -2.25. The molecule has 29 heavy (non-hydrogen) atoms. The lowest BCUT2D eigenvalue weighted by Crippen LogP contribution is -2.31. The van der Waals surface area contributed by atoms with Gasteiger partial charge in [-0.25, -0.2) is 9.98 Å². The third kappa shape index (κ3) is 2.61. The molecule has 0 fully saturated rings. The number of fused-ring (bicyclic) bond motifs is 5. The van der Waals surface area contributed by atoms with Gasteiger partial charge in [-0.3, -0.25) is 9.88 Å². The predicted molar refractivity (Wildman–Crippen MR) is 106 cm³/mol. The first-order chi connectivity index (χ1) is 14.3. The van der Waals surface area contributed by atoms with Crippen molar-refractivity contribution in [3.05, 3.63) is 35.9 Å². The molecule has 6 rings (SSSR count). The minimum absolute atomic E-state index is 0.307. The molecule has 148 valence electrons. The third-order valence-corrected chi connectivity index (χ3v) is 5.17. The normalized spacial score (nSPS) is 19.7. The second-order valence-electron chi connectivity index (χ2n) is 7.06. The molecule has 3 aromatic rings. The molecule has 3 N–H and O–H groups in total. The average Bonchev–Trinajstić information content (AvgIpc) is 2.92. The standard InChI is InChI=1S/C20H19N5O4/c21-19-23-18(11-2-3-14-15(8-11)29-7-6-28-14)25-13-10-17-16(26-4-1-5-27-17)9-12(13)22-20(25)24-19/h2-3,8-10,18H,1,4-7H2,(H3,21,22,23,24). The van der Waals surface area contributed by atoms with Crippen LogP contribution in [0.25, 0.3) is 11.0 Å². The first-order valence-corrected chi connectivity index (χ1v) is 9.58. The molecule has 4 heterocycles. The average molecular weight is 393 g/mol. The second kappa shape index (κ2) is 6.20. The highest BCUT2D eigenvalue weighted by atomic mass is 16.6. The maximum Gasteiger partial charge on any atom is 0.212 e. The zero-order valence-corrected chi connectivity index (χ0v) is 15.6. The zero-order chi connectivity index (χ0) is 19.4. The molecule has 2 aromatic carbocycles. The lowest BCUT2D eigenvalue weighted by molar-refractivity contribution is 0.171. The van der Waals surface area contributed by atoms with Crippen molar-refractivity contribution >= 4 is 22.9 Å². The van der Waals surface area contributed by atoms with E-state index in [2.05, 4.69) is 10.3 Å². The predicted octanol–water partition coefficient (Wildman–Crippen LogP) is 2.26. The van der Waals surface area contributed by atoms with Crippen molar-refractivity contribution in [1.29, 1.82) is 0 Å². The molecule has 0 aliphatic carbocycles. The van der Waals surface area contributed by atoms with Gasteiger partial charge in [0.15, 0.2) is 35.1 Å². The Bertz CT molecular complexity index is 1160. The SMILES string of the molecule is NC1=NC(c2ccc3c(c2)OCCO3)n2c(nc3cc4c(cc32)OCCCO4)N1. The van der Waals surface area contributed by atoms with Crippen molar-refractivity contribution in [3.63, 3.8) is 0 Å². The van der Waals surface area contributed by atoms with E-state index in [-0.39, 0.29) is 0 Å². The summed E-state index contributed by atoms with van der Waals surface area (Å²) in [5.41, 5.74) is 8.65. The Balaban J connectivity index is 1.51. The van der Waals surface area contributed by atoms with Gasteiger partial charge in [0.2, 0.25) is 5.95 Å². The Kier molecular flexibility index (Phi) is 3.49. The second-order valence-corrected chi connectivity index (χ2v) is 7.06. The molecule has 0 saturated heterocycles. The van der Waals surface area contributed by atoms with E-state index < -0.39 is 6.17 Å². The zero-order valence-electron chi connectivity index (χ0n) is 15.6. The van der Waals surface area contributed by atoms with Gasteiger partial charge in [0.05, 0.1) is 24.2 Å². The van der Waals surface area contributed by atoms with Gasteiger partial charge in [-0.05, 0) is 12.1 Å². The van der Waals surface area contributed by atoms with Crippen LogP contribution in [0.4, 0.5) is 5.95 Å². The molecule has 3 aliphatic heterocycles. The Hall–Kier alpha value is -3.62. The van der Waals surface area contributed by atoms with Crippen LogP contribution < -0.4 is 30.0 Å². The summed E-state index contributed by atoms with van der Waals surface area (Å²) in [4.78, 5) is 9.34. The topological polar surface area (TPSA) is 105 Å². The number of hydrogen-bond acceptors (Lipinski definition) is 8. The quantitative estimate of drug-likeness (QED) is 0.653. The molecule has 0 radical (unpaired) electrons. The van der Waals surface area contributed by atoms with Crippen molar-refractivity contribution in [3.8, 4) is 23.0 Å². The first-order valence-electron chi connectivity index (χ1n) is 9.58. The monoisotopic (exact) mass is 393 g/mol. The summed E-state index contributed by atoms with van der Waals surface area (Å²) in [5, 5.41) is 3.06. The molecule has 9 heteroatoms. The molecule has 1 aromatic heterocycles. The molecular weight excluding hydrogens is 374 g/mol. The van der Waals surface area contributed by atoms with Crippen LogP contribution in [0.15, 0.2) is 35.3 Å². The van der Waals surface area contributed by atoms with Gasteiger partial charge in [0.25, 0.3) is 0 Å². The lowest BCUT2D eigenvalue weighted by atomic mass is 10.1. The van der Waals surface area contributed by atoms with E-state index in [9.17, 15) is 0 Å². The van der Waals surface area contributed by atoms with E-state index in [4.69, 9.17) is 29.7 Å². The maximum atomic E-state index is 6.06. The molecule has 1 unspecified atom stereocenters. The molecular formula is C20H19N5O4. The van der Waals surface area contributed by atoms with Gasteiger partial charge in [0.1, 0.15) is 13.2 Å². The Morgan fingerprint density at radius 2 is 1.62 bits per heavy atom. The van der Waals surface area contributed by atoms with Gasteiger partial charge < -0.3 is 24.7 Å². The van der Waals surface area contributed by atoms with Crippen LogP contribution in [0.5, 0.6) is 23.0 Å². The van der Waals surface area contributed by atoms with Gasteiger partial charge >= 0.3 is 0 Å². The van der Waals surface area contributed by atoms with Crippen LogP contribution in [0, 0.1) is 0 Å². The van der Waals surface area contributed by atoms with Crippen molar-refractivity contribution in [2.24, 2.45) is 10.7 Å². The van der Waals surface area contributed by atoms with E-state index in [1.165, 1.54) is 0 Å². The van der Waals surface area contributed by atoms with Gasteiger partial charge in [-0.1, -0.05) is 6.07 Å². The fourth-order valence-electron chi connectivity index (χ4n) is 3.87. The number of aliphatic imine (C=N–C) groups is 1. The smallest absolute Gasteiger partial charge is 0.212 e. The van der Waals surface area contributed by atoms with Crippen LogP contribution >= 0.6 is 0 Å². The van der Waals surface area contributed by atoms with Gasteiger partial charge in [-0.2, -0.15) is 0 Å². The summed E-state index contributed by atoms with van der Waals surface area (Å²) in [5.74, 6) is 3.78. The molecule has 0 amide bonds. The highest BCUT2D eigenvalue weighted by molar-refractivity contribution is 5.95. The minimum Gasteiger partial charge on any atom is -0.489 e. The molecule has 3 aliphatic rings. The van der Waals surface area contributed by atoms with E-state index in [1.54, 1.807) is 0 Å². The number of nitrogens with two attached hydrogens (primary N) is 1. The van der Waals surface area contributed by atoms with Gasteiger partial charge in [0, 0.05) is 24.1 Å². The molecule has 9 nitrogen and oxygen atoms in total. The molecule has 0 bridgehead atoms. The van der Waals surface area contributed by atoms with Crippen LogP contribution in [0.2, 0.25) is 0 Å². The first kappa shape index (κ1) is 16.3. The molecule has 0 saturated carbocycles. The Labute approximate surface area is 166 Å². The summed E-state index contributed by atoms with van der Waals surface area (Å²) in [6.45, 7) is 2.32. The maximum absolute atomic E-state index is 6.06. The summed E-state index contributed by atoms with van der Waals surface area (Å²) < 4.78 is 25.1. The number of aromatic nitrogens is 2. The summed E-state index contributed by atoms with van der Waals surface area (Å²) in [6.07, 6.45) is 0.455. The number of nitrogens with one attached hydrogen (secondary N) is 1.